The number of hydrogen-bond acceptors (Lipinski definition) is 5. The highest BCUT2D eigenvalue weighted by molar-refractivity contribution is 6.05. The van der Waals surface area contributed by atoms with Crippen LogP contribution in [0.5, 0.6) is 0 Å². The standard InChI is InChI=1S/C24H24N6O/c1-25-21-14-30(15-21)23-11-17(5-7-26-23)24(31)28-22-10-20-9-16(3-4-18(20)12-27-22)19-6-8-29(2)13-19/h3-13,21,25H,14-15H2,1-2H3,(H,27,28,31). The molecular formula is C24H24N6O. The van der Waals surface area contributed by atoms with Crippen LogP contribution < -0.4 is 15.5 Å². The first-order chi connectivity index (χ1) is 15.1. The Bertz CT molecular complexity index is 1260. The number of hydrogen-bond donors (Lipinski definition) is 2. The number of amides is 1. The molecule has 0 atom stereocenters. The van der Waals surface area contributed by atoms with Crippen molar-refractivity contribution in [2.24, 2.45) is 7.05 Å². The predicted molar refractivity (Wildman–Crippen MR) is 123 cm³/mol. The first-order valence-corrected chi connectivity index (χ1v) is 10.3. The lowest BCUT2D eigenvalue weighted by atomic mass is 10.0. The average molecular weight is 412 g/mol. The minimum absolute atomic E-state index is 0.194. The van der Waals surface area contributed by atoms with Crippen LogP contribution in [-0.2, 0) is 7.05 Å². The number of rotatable bonds is 5. The number of fused-ring (bicyclic) bond motifs is 1. The second-order valence-corrected chi connectivity index (χ2v) is 7.94. The summed E-state index contributed by atoms with van der Waals surface area (Å²) in [5.41, 5.74) is 2.85. The molecule has 4 heterocycles. The minimum atomic E-state index is -0.194. The van der Waals surface area contributed by atoms with Crippen molar-refractivity contribution in [3.63, 3.8) is 0 Å². The summed E-state index contributed by atoms with van der Waals surface area (Å²) < 4.78 is 2.03. The van der Waals surface area contributed by atoms with Gasteiger partial charge in [-0.2, -0.15) is 0 Å². The lowest BCUT2D eigenvalue weighted by Crippen LogP contribution is -2.57. The van der Waals surface area contributed by atoms with Crippen LogP contribution in [-0.4, -0.2) is 46.6 Å². The van der Waals surface area contributed by atoms with Gasteiger partial charge in [0.05, 0.1) is 0 Å². The molecule has 2 N–H and O–H groups in total. The molecule has 0 unspecified atom stereocenters. The molecule has 0 bridgehead atoms. The monoisotopic (exact) mass is 412 g/mol. The summed E-state index contributed by atoms with van der Waals surface area (Å²) in [5, 5.41) is 8.22. The topological polar surface area (TPSA) is 75.1 Å². The van der Waals surface area contributed by atoms with Gasteiger partial charge in [0.15, 0.2) is 0 Å². The summed E-state index contributed by atoms with van der Waals surface area (Å²) >= 11 is 0. The van der Waals surface area contributed by atoms with Crippen LogP contribution in [0, 0.1) is 0 Å². The van der Waals surface area contributed by atoms with Crippen molar-refractivity contribution in [1.82, 2.24) is 19.9 Å². The van der Waals surface area contributed by atoms with E-state index in [1.165, 1.54) is 0 Å². The van der Waals surface area contributed by atoms with Crippen LogP contribution in [0.3, 0.4) is 0 Å². The van der Waals surface area contributed by atoms with E-state index in [2.05, 4.69) is 56.0 Å². The first-order valence-electron chi connectivity index (χ1n) is 10.3. The molecule has 1 fully saturated rings. The second kappa shape index (κ2) is 7.85. The zero-order chi connectivity index (χ0) is 21.4. The molecule has 1 aliphatic heterocycles. The third kappa shape index (κ3) is 3.87. The molecule has 31 heavy (non-hydrogen) atoms. The molecule has 7 nitrogen and oxygen atoms in total. The summed E-state index contributed by atoms with van der Waals surface area (Å²) in [5.74, 6) is 1.15. The smallest absolute Gasteiger partial charge is 0.257 e. The van der Waals surface area contributed by atoms with Crippen LogP contribution in [0.25, 0.3) is 21.9 Å². The van der Waals surface area contributed by atoms with Crippen LogP contribution in [0.4, 0.5) is 11.6 Å². The Morgan fingerprint density at radius 1 is 1.03 bits per heavy atom. The lowest BCUT2D eigenvalue weighted by Gasteiger charge is -2.40. The lowest BCUT2D eigenvalue weighted by molar-refractivity contribution is 0.102. The Hall–Kier alpha value is -3.71. The van der Waals surface area contributed by atoms with Gasteiger partial charge in [-0.1, -0.05) is 12.1 Å². The Morgan fingerprint density at radius 3 is 2.68 bits per heavy atom. The Balaban J connectivity index is 1.35. The fourth-order valence-electron chi connectivity index (χ4n) is 3.83. The third-order valence-corrected chi connectivity index (χ3v) is 5.75. The summed E-state index contributed by atoms with van der Waals surface area (Å²) in [6.07, 6.45) is 7.58. The van der Waals surface area contributed by atoms with Gasteiger partial charge in [-0.25, -0.2) is 9.97 Å². The number of nitrogens with one attached hydrogen (secondary N) is 2. The zero-order valence-corrected chi connectivity index (χ0v) is 17.5. The first kappa shape index (κ1) is 19.3. The molecule has 156 valence electrons. The van der Waals surface area contributed by atoms with E-state index in [4.69, 9.17) is 0 Å². The normalized spacial score (nSPS) is 13.9. The predicted octanol–water partition coefficient (Wildman–Crippen LogP) is 3.30. The molecule has 4 aromatic rings. The van der Waals surface area contributed by atoms with E-state index in [-0.39, 0.29) is 5.91 Å². The maximum atomic E-state index is 12.8. The van der Waals surface area contributed by atoms with E-state index in [1.54, 1.807) is 18.5 Å². The van der Waals surface area contributed by atoms with E-state index in [1.807, 2.05) is 37.0 Å². The summed E-state index contributed by atoms with van der Waals surface area (Å²) in [6.45, 7) is 1.79. The number of likely N-dealkylation sites (N-methyl/N-ethyl adjacent to an activating group) is 1. The second-order valence-electron chi connectivity index (χ2n) is 7.94. The van der Waals surface area contributed by atoms with Gasteiger partial charge in [0, 0.05) is 61.9 Å². The van der Waals surface area contributed by atoms with Gasteiger partial charge in [0.25, 0.3) is 5.91 Å². The molecule has 5 rings (SSSR count). The largest absolute Gasteiger partial charge is 0.357 e. The zero-order valence-electron chi connectivity index (χ0n) is 17.5. The highest BCUT2D eigenvalue weighted by atomic mass is 16.1. The molecule has 1 saturated heterocycles. The van der Waals surface area contributed by atoms with Crippen LogP contribution in [0.15, 0.2) is 67.3 Å². The van der Waals surface area contributed by atoms with Gasteiger partial charge in [0.1, 0.15) is 11.6 Å². The molecular weight excluding hydrogens is 388 g/mol. The summed E-state index contributed by atoms with van der Waals surface area (Å²) in [7, 11) is 3.96. The van der Waals surface area contributed by atoms with Gasteiger partial charge in [-0.05, 0) is 53.9 Å². The summed E-state index contributed by atoms with van der Waals surface area (Å²) in [4.78, 5) is 23.8. The van der Waals surface area contributed by atoms with E-state index in [9.17, 15) is 4.79 Å². The molecule has 0 spiro atoms. The Kier molecular flexibility index (Phi) is 4.88. The third-order valence-electron chi connectivity index (χ3n) is 5.75. The SMILES string of the molecule is CNC1CN(c2cc(C(=O)Nc3cc4cc(-c5ccn(C)c5)ccc4cn3)ccn2)C1. The Labute approximate surface area is 180 Å². The van der Waals surface area contributed by atoms with Gasteiger partial charge in [-0.15, -0.1) is 0 Å². The van der Waals surface area contributed by atoms with Crippen LogP contribution in [0.2, 0.25) is 0 Å². The van der Waals surface area contributed by atoms with E-state index in [0.29, 0.717) is 17.4 Å². The number of pyridine rings is 2. The number of anilines is 2. The average Bonchev–Trinajstić information content (AvgIpc) is 3.19. The molecule has 7 heteroatoms. The molecule has 0 saturated carbocycles. The fourth-order valence-corrected chi connectivity index (χ4v) is 3.83. The van der Waals surface area contributed by atoms with Gasteiger partial charge in [-0.3, -0.25) is 4.79 Å². The van der Waals surface area contributed by atoms with Crippen molar-refractivity contribution >= 4 is 28.3 Å². The maximum absolute atomic E-state index is 12.8. The van der Waals surface area contributed by atoms with Crippen molar-refractivity contribution in [3.8, 4) is 11.1 Å². The molecule has 1 aromatic carbocycles. The number of carbonyl (C=O) groups is 1. The molecule has 1 amide bonds. The highest BCUT2D eigenvalue weighted by Crippen LogP contribution is 2.26. The molecule has 3 aromatic heterocycles. The van der Waals surface area contributed by atoms with Gasteiger partial charge in [0.2, 0.25) is 0 Å². The van der Waals surface area contributed by atoms with Crippen molar-refractivity contribution < 1.29 is 4.79 Å². The van der Waals surface area contributed by atoms with Crippen molar-refractivity contribution in [2.45, 2.75) is 6.04 Å². The molecule has 0 radical (unpaired) electrons. The minimum Gasteiger partial charge on any atom is -0.357 e. The van der Waals surface area contributed by atoms with E-state index < -0.39 is 0 Å². The van der Waals surface area contributed by atoms with Crippen molar-refractivity contribution in [2.75, 3.05) is 30.4 Å². The molecule has 1 aliphatic rings. The van der Waals surface area contributed by atoms with Gasteiger partial charge >= 0.3 is 0 Å². The number of aromatic nitrogens is 3. The summed E-state index contributed by atoms with van der Waals surface area (Å²) in [6, 6.07) is 14.3. The number of nitrogens with zero attached hydrogens (tertiary/aromatic N) is 4. The van der Waals surface area contributed by atoms with Crippen LogP contribution in [0.1, 0.15) is 10.4 Å². The number of aryl methyl sites for hydroxylation is 1. The van der Waals surface area contributed by atoms with E-state index >= 15 is 0 Å². The maximum Gasteiger partial charge on any atom is 0.257 e. The molecule has 0 aliphatic carbocycles. The van der Waals surface area contributed by atoms with Gasteiger partial charge < -0.3 is 20.1 Å². The highest BCUT2D eigenvalue weighted by Gasteiger charge is 2.26. The number of carbonyl (C=O) groups excluding carboxylic acids is 1. The van der Waals surface area contributed by atoms with Crippen molar-refractivity contribution in [1.29, 1.82) is 0 Å². The Morgan fingerprint density at radius 2 is 1.90 bits per heavy atom. The van der Waals surface area contributed by atoms with Crippen molar-refractivity contribution in [3.05, 3.63) is 72.8 Å². The van der Waals surface area contributed by atoms with E-state index in [0.717, 1.165) is 40.8 Å². The number of benzene rings is 1. The quantitative estimate of drug-likeness (QED) is 0.526. The van der Waals surface area contributed by atoms with Crippen LogP contribution >= 0.6 is 0 Å². The fraction of sp³-hybridized carbons (Fsp3) is 0.208.